The van der Waals surface area contributed by atoms with Gasteiger partial charge in [-0.3, -0.25) is 9.59 Å². The molecule has 2 spiro atoms. The average Bonchev–Trinajstić information content (AvgIpc) is 3.35. The van der Waals surface area contributed by atoms with Crippen molar-refractivity contribution in [2.75, 3.05) is 10.0 Å². The van der Waals surface area contributed by atoms with E-state index in [1.807, 2.05) is 96.1 Å². The van der Waals surface area contributed by atoms with Crippen LogP contribution in [0.25, 0.3) is 0 Å². The van der Waals surface area contributed by atoms with Gasteiger partial charge in [-0.15, -0.1) is 0 Å². The number of benzene rings is 3. The molecule has 3 aromatic carbocycles. The van der Waals surface area contributed by atoms with Gasteiger partial charge in [0.25, 0.3) is 11.8 Å². The van der Waals surface area contributed by atoms with Gasteiger partial charge in [0.15, 0.2) is 0 Å². The van der Waals surface area contributed by atoms with Gasteiger partial charge in [0.05, 0.1) is 22.8 Å². The lowest BCUT2D eigenvalue weighted by Crippen LogP contribution is -2.40. The summed E-state index contributed by atoms with van der Waals surface area (Å²) in [6.07, 6.45) is 0. The van der Waals surface area contributed by atoms with Gasteiger partial charge >= 0.3 is 0 Å². The fourth-order valence-corrected chi connectivity index (χ4v) is 6.72. The summed E-state index contributed by atoms with van der Waals surface area (Å²) < 4.78 is 0. The molecule has 2 atom stereocenters. The van der Waals surface area contributed by atoms with Crippen molar-refractivity contribution < 1.29 is 9.59 Å². The Morgan fingerprint density at radius 3 is 1.53 bits per heavy atom. The number of anilines is 2. The Bertz CT molecular complexity index is 1530. The summed E-state index contributed by atoms with van der Waals surface area (Å²) in [5, 5.41) is 13.0. The monoisotopic (exact) mass is 524 g/mol. The number of hydrogen-bond donors (Lipinski definition) is 0. The maximum Gasteiger partial charge on any atom is 0.261 e. The predicted molar refractivity (Wildman–Crippen MR) is 152 cm³/mol. The number of carbonyl (C=O) groups excluding carboxylic acids is 2. The molecule has 2 amide bonds. The van der Waals surface area contributed by atoms with Crippen LogP contribution in [0.5, 0.6) is 0 Å². The fraction of sp³-hybridized carbons (Fsp3) is 0.290. The zero-order chi connectivity index (χ0) is 27.1. The molecule has 0 N–H and O–H groups in total. The summed E-state index contributed by atoms with van der Waals surface area (Å²) in [5.74, 6) is -0.981. The van der Waals surface area contributed by atoms with Gasteiger partial charge in [-0.25, -0.2) is 0 Å². The summed E-state index contributed by atoms with van der Waals surface area (Å²) in [5.41, 5.74) is 5.26. The van der Waals surface area contributed by atoms with Crippen molar-refractivity contribution in [3.8, 4) is 0 Å². The van der Waals surface area contributed by atoms with Crippen molar-refractivity contribution in [2.45, 2.75) is 47.5 Å². The van der Waals surface area contributed by atoms with Gasteiger partial charge in [-0.1, -0.05) is 41.9 Å². The van der Waals surface area contributed by atoms with E-state index in [0.29, 0.717) is 27.8 Å². The first-order valence-electron chi connectivity index (χ1n) is 12.8. The molecule has 1 saturated carbocycles. The Morgan fingerprint density at radius 2 is 1.11 bits per heavy atom. The van der Waals surface area contributed by atoms with Gasteiger partial charge in [0.1, 0.15) is 10.8 Å². The highest BCUT2D eigenvalue weighted by molar-refractivity contribution is 6.38. The smallest absolute Gasteiger partial charge is 0.261 e. The van der Waals surface area contributed by atoms with Crippen molar-refractivity contribution in [3.63, 3.8) is 0 Å². The maximum absolute atomic E-state index is 14.5. The molecule has 0 bridgehead atoms. The quantitative estimate of drug-likeness (QED) is 0.393. The number of fused-ring (bicyclic) bond motifs is 1. The first kappa shape index (κ1) is 24.6. The van der Waals surface area contributed by atoms with E-state index in [9.17, 15) is 9.59 Å². The molecule has 3 aromatic rings. The molecule has 38 heavy (non-hydrogen) atoms. The van der Waals surface area contributed by atoms with E-state index in [0.717, 1.165) is 27.8 Å². The van der Waals surface area contributed by atoms with E-state index < -0.39 is 16.7 Å². The molecule has 1 aliphatic carbocycles. The summed E-state index contributed by atoms with van der Waals surface area (Å²) in [6.45, 7) is 11.8. The molecule has 0 unspecified atom stereocenters. The van der Waals surface area contributed by atoms with Gasteiger partial charge in [-0.05, 0) is 99.7 Å². The average molecular weight is 525 g/mol. The van der Waals surface area contributed by atoms with Crippen LogP contribution in [0.2, 0.25) is 5.02 Å². The number of hydrogen-bond acceptors (Lipinski definition) is 4. The number of nitrogens with zero attached hydrogens (tertiary/aromatic N) is 4. The van der Waals surface area contributed by atoms with E-state index in [4.69, 9.17) is 21.8 Å². The van der Waals surface area contributed by atoms with Gasteiger partial charge in [0.2, 0.25) is 0 Å². The Morgan fingerprint density at radius 1 is 0.658 bits per heavy atom. The minimum Gasteiger partial charge on any atom is -0.271 e. The van der Waals surface area contributed by atoms with Crippen LogP contribution in [0.1, 0.15) is 47.6 Å². The normalized spacial score (nSPS) is 26.0. The molecule has 6 nitrogen and oxygen atoms in total. The van der Waals surface area contributed by atoms with Gasteiger partial charge in [0, 0.05) is 10.9 Å². The molecule has 7 heteroatoms. The number of carbonyl (C=O) groups is 2. The van der Waals surface area contributed by atoms with Crippen LogP contribution in [0, 0.1) is 38.5 Å². The zero-order valence-electron chi connectivity index (χ0n) is 22.3. The first-order valence-corrected chi connectivity index (χ1v) is 13.1. The molecular weight excluding hydrogens is 496 g/mol. The van der Waals surface area contributed by atoms with Crippen LogP contribution >= 0.6 is 11.6 Å². The third-order valence-corrected chi connectivity index (χ3v) is 9.14. The van der Waals surface area contributed by atoms with E-state index in [1.165, 1.54) is 10.0 Å². The van der Waals surface area contributed by atoms with Crippen LogP contribution in [0.15, 0.2) is 70.9 Å². The van der Waals surface area contributed by atoms with Gasteiger partial charge < -0.3 is 0 Å². The molecule has 1 fully saturated rings. The molecule has 0 radical (unpaired) electrons. The largest absolute Gasteiger partial charge is 0.271 e. The van der Waals surface area contributed by atoms with E-state index >= 15 is 0 Å². The highest BCUT2D eigenvalue weighted by atomic mass is 35.5. The molecular formula is C31H29ClN4O2. The standard InChI is InChI=1S/C31H29ClN4O2/c1-17-11-13-23(15-19(17)3)35-28(37)30(21(5)33-35)27(25-9-7-8-10-26(25)32)31(30)22(6)34-36(29(31)38)24-14-12-18(2)20(4)16-24/h7-16,27H,1-6H3/t30-,31-/m0/s1. The minimum atomic E-state index is -1.21. The molecule has 0 aromatic heterocycles. The lowest BCUT2D eigenvalue weighted by Gasteiger charge is -2.19. The second kappa shape index (κ2) is 8.11. The first-order chi connectivity index (χ1) is 18.1. The SMILES string of the molecule is CC1=NN(c2ccc(C)c(C)c2)C(=O)[C@@]12C(c1ccccc1Cl)[C@@]21C(=O)N(c2ccc(C)c(C)c2)N=C1C. The predicted octanol–water partition coefficient (Wildman–Crippen LogP) is 6.49. The summed E-state index contributed by atoms with van der Waals surface area (Å²) in [4.78, 5) is 29.1. The Kier molecular flexibility index (Phi) is 5.24. The lowest BCUT2D eigenvalue weighted by molar-refractivity contribution is -0.126. The van der Waals surface area contributed by atoms with Crippen LogP contribution in [0.3, 0.4) is 0 Å². The van der Waals surface area contributed by atoms with Crippen molar-refractivity contribution in [1.82, 2.24) is 0 Å². The van der Waals surface area contributed by atoms with E-state index in [-0.39, 0.29) is 11.8 Å². The Hall–Kier alpha value is -3.77. The summed E-state index contributed by atoms with van der Waals surface area (Å²) in [6, 6.07) is 19.1. The lowest BCUT2D eigenvalue weighted by atomic mass is 9.85. The third-order valence-electron chi connectivity index (χ3n) is 8.79. The summed E-state index contributed by atoms with van der Waals surface area (Å²) >= 11 is 6.73. The van der Waals surface area contributed by atoms with E-state index in [1.54, 1.807) is 6.07 Å². The van der Waals surface area contributed by atoms with Gasteiger partial charge in [-0.2, -0.15) is 20.2 Å². The maximum atomic E-state index is 14.5. The van der Waals surface area contributed by atoms with Crippen LogP contribution < -0.4 is 10.0 Å². The number of aryl methyl sites for hydroxylation is 4. The highest BCUT2D eigenvalue weighted by Crippen LogP contribution is 2.79. The molecule has 192 valence electrons. The topological polar surface area (TPSA) is 65.3 Å². The minimum absolute atomic E-state index is 0.229. The van der Waals surface area contributed by atoms with Crippen LogP contribution in [-0.4, -0.2) is 23.2 Å². The summed E-state index contributed by atoms with van der Waals surface area (Å²) in [7, 11) is 0. The van der Waals surface area contributed by atoms with E-state index in [2.05, 4.69) is 0 Å². The second-order valence-corrected chi connectivity index (χ2v) is 11.1. The van der Waals surface area contributed by atoms with Crippen molar-refractivity contribution in [2.24, 2.45) is 21.0 Å². The number of rotatable bonds is 3. The fourth-order valence-electron chi connectivity index (χ4n) is 6.48. The second-order valence-electron chi connectivity index (χ2n) is 10.7. The molecule has 0 saturated heterocycles. The van der Waals surface area contributed by atoms with Crippen molar-refractivity contribution >= 4 is 46.2 Å². The molecule has 2 heterocycles. The molecule has 6 rings (SSSR count). The van der Waals surface area contributed by atoms with Crippen molar-refractivity contribution in [1.29, 1.82) is 0 Å². The Balaban J connectivity index is 1.53. The van der Waals surface area contributed by atoms with Crippen LogP contribution in [-0.2, 0) is 9.59 Å². The number of hydrazone groups is 2. The van der Waals surface area contributed by atoms with Crippen molar-refractivity contribution in [3.05, 3.63) is 93.5 Å². The third kappa shape index (κ3) is 2.89. The highest BCUT2D eigenvalue weighted by Gasteiger charge is 2.91. The van der Waals surface area contributed by atoms with Crippen LogP contribution in [0.4, 0.5) is 11.4 Å². The Labute approximate surface area is 227 Å². The molecule has 3 aliphatic rings. The molecule has 2 aliphatic heterocycles. The zero-order valence-corrected chi connectivity index (χ0v) is 23.1. The number of amides is 2. The number of halogens is 1.